The van der Waals surface area contributed by atoms with Crippen molar-refractivity contribution in [3.05, 3.63) is 94.9 Å². The molecule has 0 bridgehead atoms. The van der Waals surface area contributed by atoms with Crippen LogP contribution in [0, 0.1) is 25.7 Å². The molecule has 34 heavy (non-hydrogen) atoms. The average Bonchev–Trinajstić information content (AvgIpc) is 3.30. The van der Waals surface area contributed by atoms with E-state index in [2.05, 4.69) is 53.0 Å². The lowest BCUT2D eigenvalue weighted by Crippen LogP contribution is -2.13. The van der Waals surface area contributed by atoms with Crippen LogP contribution in [-0.2, 0) is 11.2 Å². The third-order valence-electron chi connectivity index (χ3n) is 6.03. The largest absolute Gasteiger partial charge is 0.485 e. The zero-order valence-electron chi connectivity index (χ0n) is 19.6. The van der Waals surface area contributed by atoms with Gasteiger partial charge in [-0.1, -0.05) is 36.3 Å². The standard InChI is InChI=1S/C29H28N2O3/c1-4-5-24(17-28(32)33)22-8-11-25(12-9-22)34-27(16-21-7-6-19(2)31-18-21)26-13-10-23-14-15-30-29(23)20(26)3/h6-15,18,24,27,30H,16-17H2,1-3H3,(H,32,33)/t24?,27-/m0/s1. The van der Waals surface area contributed by atoms with E-state index < -0.39 is 5.97 Å². The predicted molar refractivity (Wildman–Crippen MR) is 134 cm³/mol. The monoisotopic (exact) mass is 452 g/mol. The highest BCUT2D eigenvalue weighted by atomic mass is 16.5. The Morgan fingerprint density at radius 1 is 1.09 bits per heavy atom. The second-order valence-electron chi connectivity index (χ2n) is 8.45. The van der Waals surface area contributed by atoms with E-state index in [-0.39, 0.29) is 18.4 Å². The molecule has 4 rings (SSSR count). The Kier molecular flexibility index (Phi) is 6.98. The van der Waals surface area contributed by atoms with Gasteiger partial charge in [0, 0.05) is 30.0 Å². The summed E-state index contributed by atoms with van der Waals surface area (Å²) in [5, 5.41) is 10.4. The fourth-order valence-electron chi connectivity index (χ4n) is 4.24. The summed E-state index contributed by atoms with van der Waals surface area (Å²) in [6.07, 6.45) is 4.28. The smallest absolute Gasteiger partial charge is 0.304 e. The summed E-state index contributed by atoms with van der Waals surface area (Å²) in [6, 6.07) is 18.0. The maximum atomic E-state index is 11.2. The molecule has 2 N–H and O–H groups in total. The number of pyridine rings is 1. The van der Waals surface area contributed by atoms with E-state index in [4.69, 9.17) is 4.74 Å². The Bertz CT molecular complexity index is 1340. The van der Waals surface area contributed by atoms with Crippen molar-refractivity contribution in [2.75, 3.05) is 0 Å². The van der Waals surface area contributed by atoms with Crippen molar-refractivity contribution in [2.45, 2.75) is 45.6 Å². The molecule has 0 spiro atoms. The number of aliphatic carboxylic acids is 1. The quantitative estimate of drug-likeness (QED) is 0.316. The molecular weight excluding hydrogens is 424 g/mol. The van der Waals surface area contributed by atoms with Crippen molar-refractivity contribution >= 4 is 16.9 Å². The van der Waals surface area contributed by atoms with Crippen LogP contribution in [-0.4, -0.2) is 21.0 Å². The molecule has 2 atom stereocenters. The Balaban J connectivity index is 1.64. The Labute approximate surface area is 199 Å². The molecule has 5 heteroatoms. The molecule has 1 unspecified atom stereocenters. The molecule has 2 aromatic carbocycles. The van der Waals surface area contributed by atoms with Crippen molar-refractivity contribution in [3.8, 4) is 17.6 Å². The highest BCUT2D eigenvalue weighted by Gasteiger charge is 2.20. The molecule has 0 aliphatic carbocycles. The molecule has 0 aliphatic heterocycles. The van der Waals surface area contributed by atoms with Crippen LogP contribution in [0.1, 0.15) is 53.3 Å². The zero-order valence-corrected chi connectivity index (χ0v) is 19.6. The molecule has 2 aromatic heterocycles. The second-order valence-corrected chi connectivity index (χ2v) is 8.45. The van der Waals surface area contributed by atoms with E-state index in [0.717, 1.165) is 39.2 Å². The minimum Gasteiger partial charge on any atom is -0.485 e. The molecule has 0 saturated heterocycles. The molecule has 0 aliphatic rings. The highest BCUT2D eigenvalue weighted by molar-refractivity contribution is 5.83. The molecule has 2 heterocycles. The number of carbonyl (C=O) groups is 1. The van der Waals surface area contributed by atoms with Crippen LogP contribution >= 0.6 is 0 Å². The van der Waals surface area contributed by atoms with Crippen LogP contribution < -0.4 is 4.74 Å². The van der Waals surface area contributed by atoms with Gasteiger partial charge in [-0.25, -0.2) is 0 Å². The first kappa shape index (κ1) is 23.1. The lowest BCUT2D eigenvalue weighted by Gasteiger charge is -2.22. The lowest BCUT2D eigenvalue weighted by molar-refractivity contribution is -0.137. The molecule has 0 amide bonds. The van der Waals surface area contributed by atoms with Gasteiger partial charge in [0.1, 0.15) is 11.9 Å². The number of benzene rings is 2. The molecule has 172 valence electrons. The van der Waals surface area contributed by atoms with Gasteiger partial charge >= 0.3 is 5.97 Å². The topological polar surface area (TPSA) is 75.2 Å². The van der Waals surface area contributed by atoms with Gasteiger partial charge in [-0.15, -0.1) is 5.92 Å². The first-order valence-corrected chi connectivity index (χ1v) is 11.3. The molecule has 4 aromatic rings. The van der Waals surface area contributed by atoms with Crippen molar-refractivity contribution in [3.63, 3.8) is 0 Å². The minimum absolute atomic E-state index is 0.0283. The van der Waals surface area contributed by atoms with E-state index in [9.17, 15) is 9.90 Å². The number of carboxylic acid groups (broad SMARTS) is 1. The van der Waals surface area contributed by atoms with Crippen LogP contribution in [0.15, 0.2) is 67.0 Å². The number of aromatic nitrogens is 2. The van der Waals surface area contributed by atoms with Gasteiger partial charge in [-0.05, 0) is 72.7 Å². The summed E-state index contributed by atoms with van der Waals surface area (Å²) in [6.45, 7) is 5.81. The van der Waals surface area contributed by atoms with Crippen LogP contribution in [0.3, 0.4) is 0 Å². The lowest BCUT2D eigenvalue weighted by atomic mass is 9.95. The number of hydrogen-bond donors (Lipinski definition) is 2. The summed E-state index contributed by atoms with van der Waals surface area (Å²) in [5.74, 6) is 5.34. The van der Waals surface area contributed by atoms with Crippen molar-refractivity contribution in [1.29, 1.82) is 0 Å². The van der Waals surface area contributed by atoms with Gasteiger partial charge in [-0.3, -0.25) is 9.78 Å². The number of nitrogens with zero attached hydrogens (tertiary/aromatic N) is 1. The third-order valence-corrected chi connectivity index (χ3v) is 6.03. The number of rotatable bonds is 8. The molecule has 0 saturated carbocycles. The van der Waals surface area contributed by atoms with Crippen molar-refractivity contribution in [1.82, 2.24) is 9.97 Å². The third kappa shape index (κ3) is 5.29. The SMILES string of the molecule is CC#CC(CC(=O)O)c1ccc(O[C@@H](Cc2ccc(C)nc2)c2ccc3cc[nH]c3c2C)cc1. The van der Waals surface area contributed by atoms with Crippen LogP contribution in [0.2, 0.25) is 0 Å². The molecule has 5 nitrogen and oxygen atoms in total. The first-order chi connectivity index (χ1) is 16.4. The van der Waals surface area contributed by atoms with E-state index in [1.807, 2.05) is 49.6 Å². The summed E-state index contributed by atoms with van der Waals surface area (Å²) >= 11 is 0. The summed E-state index contributed by atoms with van der Waals surface area (Å²) in [7, 11) is 0. The van der Waals surface area contributed by atoms with E-state index >= 15 is 0 Å². The van der Waals surface area contributed by atoms with Gasteiger partial charge in [0.2, 0.25) is 0 Å². The molecule has 0 radical (unpaired) electrons. The van der Waals surface area contributed by atoms with Crippen molar-refractivity contribution < 1.29 is 14.6 Å². The minimum atomic E-state index is -0.866. The van der Waals surface area contributed by atoms with Gasteiger partial charge in [-0.2, -0.15) is 0 Å². The number of aromatic amines is 1. The van der Waals surface area contributed by atoms with E-state index in [1.54, 1.807) is 6.92 Å². The second kappa shape index (κ2) is 10.3. The molecular formula is C29H28N2O3. The maximum absolute atomic E-state index is 11.2. The van der Waals surface area contributed by atoms with Gasteiger partial charge in [0.15, 0.2) is 0 Å². The zero-order chi connectivity index (χ0) is 24.1. The van der Waals surface area contributed by atoms with Gasteiger partial charge in [0.05, 0.1) is 12.3 Å². The Morgan fingerprint density at radius 3 is 2.56 bits per heavy atom. The molecule has 0 fully saturated rings. The van der Waals surface area contributed by atoms with Crippen molar-refractivity contribution in [2.24, 2.45) is 0 Å². The summed E-state index contributed by atoms with van der Waals surface area (Å²) in [5.41, 5.74) is 6.32. The number of nitrogens with one attached hydrogen (secondary N) is 1. The average molecular weight is 453 g/mol. The number of H-pyrrole nitrogens is 1. The van der Waals surface area contributed by atoms with Gasteiger partial charge < -0.3 is 14.8 Å². The number of aryl methyl sites for hydroxylation is 2. The number of ether oxygens (including phenoxy) is 1. The highest BCUT2D eigenvalue weighted by Crippen LogP contribution is 2.32. The summed E-state index contributed by atoms with van der Waals surface area (Å²) < 4.78 is 6.52. The van der Waals surface area contributed by atoms with E-state index in [0.29, 0.717) is 6.42 Å². The Morgan fingerprint density at radius 2 is 1.88 bits per heavy atom. The fourth-order valence-corrected chi connectivity index (χ4v) is 4.24. The predicted octanol–water partition coefficient (Wildman–Crippen LogP) is 6.12. The normalized spacial score (nSPS) is 12.6. The van der Waals surface area contributed by atoms with Crippen LogP contribution in [0.25, 0.3) is 10.9 Å². The summed E-state index contributed by atoms with van der Waals surface area (Å²) in [4.78, 5) is 19.0. The van der Waals surface area contributed by atoms with E-state index in [1.165, 1.54) is 5.39 Å². The number of hydrogen-bond acceptors (Lipinski definition) is 3. The first-order valence-electron chi connectivity index (χ1n) is 11.3. The Hall–Kier alpha value is -4.04. The number of fused-ring (bicyclic) bond motifs is 1. The van der Waals surface area contributed by atoms with Crippen LogP contribution in [0.4, 0.5) is 0 Å². The maximum Gasteiger partial charge on any atom is 0.304 e. The van der Waals surface area contributed by atoms with Gasteiger partial charge in [0.25, 0.3) is 0 Å². The van der Waals surface area contributed by atoms with Crippen LogP contribution in [0.5, 0.6) is 5.75 Å². The number of carboxylic acids is 1. The fraction of sp³-hybridized carbons (Fsp3) is 0.241.